The number of rotatable bonds is 8. The van der Waals surface area contributed by atoms with Gasteiger partial charge in [0.25, 0.3) is 5.91 Å². The number of amides is 1. The fraction of sp³-hybridized carbons (Fsp3) is 0.0417. The van der Waals surface area contributed by atoms with E-state index < -0.39 is 16.5 Å². The molecule has 4 aromatic rings. The van der Waals surface area contributed by atoms with E-state index in [2.05, 4.69) is 31.6 Å². The largest absolute Gasteiger partial charge is 0.457 e. The summed E-state index contributed by atoms with van der Waals surface area (Å²) in [4.78, 5) is 23.3. The number of hydrogen-bond acceptors (Lipinski definition) is 6. The highest BCUT2D eigenvalue weighted by Gasteiger charge is 2.25. The van der Waals surface area contributed by atoms with Crippen LogP contribution in [0.1, 0.15) is 21.6 Å². The SMILES string of the molecule is O=C(N/N=C\c1cccc(Oc2ccccc2)c1)c1nn(Cc2ccc(Br)cc2)cc1[N+](=O)[O-]. The quantitative estimate of drug-likeness (QED) is 0.196. The summed E-state index contributed by atoms with van der Waals surface area (Å²) >= 11 is 3.36. The lowest BCUT2D eigenvalue weighted by Gasteiger charge is -2.05. The van der Waals surface area contributed by atoms with E-state index >= 15 is 0 Å². The lowest BCUT2D eigenvalue weighted by atomic mass is 10.2. The number of hydrogen-bond donors (Lipinski definition) is 1. The molecule has 0 atom stereocenters. The number of nitrogens with zero attached hydrogens (tertiary/aromatic N) is 4. The van der Waals surface area contributed by atoms with E-state index in [1.807, 2.05) is 54.6 Å². The Hall–Kier alpha value is -4.31. The van der Waals surface area contributed by atoms with E-state index in [1.165, 1.54) is 17.1 Å². The average molecular weight is 520 g/mol. The third-order valence-corrected chi connectivity index (χ3v) is 5.16. The highest BCUT2D eigenvalue weighted by atomic mass is 79.9. The second-order valence-corrected chi connectivity index (χ2v) is 8.05. The summed E-state index contributed by atoms with van der Waals surface area (Å²) in [6.07, 6.45) is 2.64. The summed E-state index contributed by atoms with van der Waals surface area (Å²) < 4.78 is 8.04. The van der Waals surface area contributed by atoms with E-state index in [0.29, 0.717) is 17.1 Å². The Morgan fingerprint density at radius 1 is 1.09 bits per heavy atom. The number of nitrogens with one attached hydrogen (secondary N) is 1. The number of halogens is 1. The van der Waals surface area contributed by atoms with E-state index in [9.17, 15) is 14.9 Å². The van der Waals surface area contributed by atoms with E-state index in [0.717, 1.165) is 10.0 Å². The van der Waals surface area contributed by atoms with Crippen LogP contribution in [0.15, 0.2) is 94.6 Å². The molecule has 0 unspecified atom stereocenters. The number of para-hydroxylation sites is 1. The molecule has 0 aliphatic rings. The van der Waals surface area contributed by atoms with Gasteiger partial charge in [0.15, 0.2) is 0 Å². The number of hydrazone groups is 1. The van der Waals surface area contributed by atoms with Crippen molar-refractivity contribution in [1.82, 2.24) is 15.2 Å². The maximum absolute atomic E-state index is 12.5. The van der Waals surface area contributed by atoms with Crippen molar-refractivity contribution in [2.45, 2.75) is 6.54 Å². The van der Waals surface area contributed by atoms with Crippen molar-refractivity contribution in [3.8, 4) is 11.5 Å². The number of ether oxygens (including phenoxy) is 1. The zero-order valence-corrected chi connectivity index (χ0v) is 19.3. The second kappa shape index (κ2) is 10.5. The molecule has 1 amide bonds. The zero-order valence-electron chi connectivity index (χ0n) is 17.7. The van der Waals surface area contributed by atoms with Gasteiger partial charge >= 0.3 is 5.69 Å². The van der Waals surface area contributed by atoms with Crippen molar-refractivity contribution >= 4 is 33.7 Å². The van der Waals surface area contributed by atoms with Gasteiger partial charge in [0.05, 0.1) is 17.7 Å². The van der Waals surface area contributed by atoms with Crippen LogP contribution in [0.2, 0.25) is 0 Å². The zero-order chi connectivity index (χ0) is 23.9. The molecular formula is C24H18BrN5O4. The van der Waals surface area contributed by atoms with Crippen molar-refractivity contribution in [2.24, 2.45) is 5.10 Å². The summed E-state index contributed by atoms with van der Waals surface area (Å²) in [6.45, 7) is 0.277. The minimum atomic E-state index is -0.783. The topological polar surface area (TPSA) is 112 Å². The lowest BCUT2D eigenvalue weighted by Crippen LogP contribution is -2.19. The van der Waals surface area contributed by atoms with Gasteiger partial charge in [-0.2, -0.15) is 10.2 Å². The van der Waals surface area contributed by atoms with Crippen LogP contribution in [0.5, 0.6) is 11.5 Å². The van der Waals surface area contributed by atoms with E-state index in [-0.39, 0.29) is 12.2 Å². The molecule has 34 heavy (non-hydrogen) atoms. The molecule has 170 valence electrons. The number of benzene rings is 3. The Morgan fingerprint density at radius 2 is 1.82 bits per heavy atom. The average Bonchev–Trinajstić information content (AvgIpc) is 3.26. The predicted octanol–water partition coefficient (Wildman–Crippen LogP) is 5.16. The van der Waals surface area contributed by atoms with Gasteiger partial charge in [-0.05, 0) is 47.5 Å². The Morgan fingerprint density at radius 3 is 2.56 bits per heavy atom. The number of nitro groups is 1. The van der Waals surface area contributed by atoms with Crippen LogP contribution in [0.25, 0.3) is 0 Å². The Bertz CT molecular complexity index is 1340. The Kier molecular flexibility index (Phi) is 7.09. The van der Waals surface area contributed by atoms with Crippen molar-refractivity contribution in [3.05, 3.63) is 116 Å². The molecule has 1 N–H and O–H groups in total. The van der Waals surface area contributed by atoms with Crippen molar-refractivity contribution in [1.29, 1.82) is 0 Å². The van der Waals surface area contributed by atoms with Crippen LogP contribution in [0, 0.1) is 10.1 Å². The molecule has 0 aliphatic carbocycles. The highest BCUT2D eigenvalue weighted by molar-refractivity contribution is 9.10. The normalized spacial score (nSPS) is 10.9. The Balaban J connectivity index is 1.44. The van der Waals surface area contributed by atoms with Crippen LogP contribution >= 0.6 is 15.9 Å². The van der Waals surface area contributed by atoms with Crippen LogP contribution in [-0.4, -0.2) is 26.8 Å². The monoisotopic (exact) mass is 519 g/mol. The molecule has 0 saturated heterocycles. The predicted molar refractivity (Wildman–Crippen MR) is 130 cm³/mol. The molecule has 0 saturated carbocycles. The lowest BCUT2D eigenvalue weighted by molar-refractivity contribution is -0.385. The van der Waals surface area contributed by atoms with Gasteiger partial charge in [-0.25, -0.2) is 5.43 Å². The standard InChI is InChI=1S/C24H18BrN5O4/c25-19-11-9-17(10-12-19)15-29-16-22(30(32)33)23(28-29)24(31)27-26-14-18-5-4-8-21(13-18)34-20-6-2-1-3-7-20/h1-14,16H,15H2,(H,27,31)/b26-14-. The summed E-state index contributed by atoms with van der Waals surface area (Å²) in [5.41, 5.74) is 3.13. The van der Waals surface area contributed by atoms with Crippen LogP contribution in [0.3, 0.4) is 0 Å². The molecule has 0 aliphatic heterocycles. The molecule has 0 spiro atoms. The molecule has 0 fully saturated rings. The van der Waals surface area contributed by atoms with E-state index in [1.54, 1.807) is 24.3 Å². The minimum absolute atomic E-state index is 0.277. The first kappa shape index (κ1) is 22.9. The molecule has 0 radical (unpaired) electrons. The molecule has 1 heterocycles. The van der Waals surface area contributed by atoms with Crippen molar-refractivity contribution in [2.75, 3.05) is 0 Å². The summed E-state index contributed by atoms with van der Waals surface area (Å²) in [5.74, 6) is 0.508. The third kappa shape index (κ3) is 5.93. The van der Waals surface area contributed by atoms with Gasteiger partial charge in [0, 0.05) is 4.47 Å². The van der Waals surface area contributed by atoms with Gasteiger partial charge in [-0.15, -0.1) is 0 Å². The molecular weight excluding hydrogens is 502 g/mol. The van der Waals surface area contributed by atoms with E-state index in [4.69, 9.17) is 4.74 Å². The number of aromatic nitrogens is 2. The molecule has 9 nitrogen and oxygen atoms in total. The Labute approximate surface area is 203 Å². The van der Waals surface area contributed by atoms with Crippen LogP contribution in [-0.2, 0) is 6.54 Å². The van der Waals surface area contributed by atoms with Gasteiger partial charge in [-0.3, -0.25) is 19.6 Å². The first-order chi connectivity index (χ1) is 16.5. The fourth-order valence-corrected chi connectivity index (χ4v) is 3.33. The fourth-order valence-electron chi connectivity index (χ4n) is 3.07. The van der Waals surface area contributed by atoms with Crippen LogP contribution < -0.4 is 10.2 Å². The second-order valence-electron chi connectivity index (χ2n) is 7.13. The van der Waals surface area contributed by atoms with Gasteiger partial charge in [0.1, 0.15) is 17.7 Å². The third-order valence-electron chi connectivity index (χ3n) is 4.63. The van der Waals surface area contributed by atoms with Gasteiger partial charge in [-0.1, -0.05) is 58.4 Å². The smallest absolute Gasteiger partial charge is 0.320 e. The van der Waals surface area contributed by atoms with Gasteiger partial charge in [0.2, 0.25) is 5.69 Å². The minimum Gasteiger partial charge on any atom is -0.457 e. The summed E-state index contributed by atoms with van der Waals surface area (Å²) in [7, 11) is 0. The first-order valence-corrected chi connectivity index (χ1v) is 10.9. The maximum Gasteiger partial charge on any atom is 0.320 e. The first-order valence-electron chi connectivity index (χ1n) is 10.1. The van der Waals surface area contributed by atoms with Crippen molar-refractivity contribution in [3.63, 3.8) is 0 Å². The highest BCUT2D eigenvalue weighted by Crippen LogP contribution is 2.21. The van der Waals surface area contributed by atoms with Crippen molar-refractivity contribution < 1.29 is 14.5 Å². The summed E-state index contributed by atoms with van der Waals surface area (Å²) in [6, 6.07) is 23.9. The number of carbonyl (C=O) groups is 1. The molecule has 3 aromatic carbocycles. The molecule has 4 rings (SSSR count). The van der Waals surface area contributed by atoms with Gasteiger partial charge < -0.3 is 4.74 Å². The van der Waals surface area contributed by atoms with Crippen LogP contribution in [0.4, 0.5) is 5.69 Å². The maximum atomic E-state index is 12.5. The number of carbonyl (C=O) groups excluding carboxylic acids is 1. The molecule has 0 bridgehead atoms. The molecule has 10 heteroatoms. The molecule has 1 aromatic heterocycles. The summed E-state index contributed by atoms with van der Waals surface area (Å²) in [5, 5.41) is 19.4.